The fourth-order valence-corrected chi connectivity index (χ4v) is 3.38. The van der Waals surface area contributed by atoms with Crippen LogP contribution in [0, 0.1) is 5.82 Å². The molecule has 0 saturated heterocycles. The third-order valence-electron chi connectivity index (χ3n) is 3.05. The van der Waals surface area contributed by atoms with E-state index in [2.05, 4.69) is 4.98 Å². The lowest BCUT2D eigenvalue weighted by atomic mass is 10.1. The molecule has 1 aromatic heterocycles. The van der Waals surface area contributed by atoms with Gasteiger partial charge in [0.2, 0.25) is 0 Å². The van der Waals surface area contributed by atoms with Crippen LogP contribution in [0.4, 0.5) is 10.2 Å². The number of pyridine rings is 1. The normalized spacial score (nSPS) is 11.4. The molecule has 0 amide bonds. The number of nitrogens with zero attached hydrogens (tertiary/aromatic N) is 1. The number of nitrogen functional groups attached to an aromatic ring is 1. The number of hydrogen-bond donors (Lipinski definition) is 1. The number of halogens is 1. The van der Waals surface area contributed by atoms with E-state index in [1.165, 1.54) is 12.1 Å². The van der Waals surface area contributed by atoms with Gasteiger partial charge in [0, 0.05) is 17.9 Å². The van der Waals surface area contributed by atoms with Crippen molar-refractivity contribution in [2.75, 3.05) is 25.7 Å². The Morgan fingerprint density at radius 1 is 1.33 bits per heavy atom. The zero-order valence-electron chi connectivity index (χ0n) is 12.0. The fourth-order valence-electron chi connectivity index (χ4n) is 2.08. The number of benzene rings is 1. The van der Waals surface area contributed by atoms with Crippen molar-refractivity contribution in [3.05, 3.63) is 47.9 Å². The Morgan fingerprint density at radius 3 is 2.76 bits per heavy atom. The number of hydrogen-bond acceptors (Lipinski definition) is 4. The topological polar surface area (TPSA) is 65.2 Å². The zero-order chi connectivity index (χ0) is 15.5. The molecule has 0 unspecified atom stereocenters. The molecule has 0 radical (unpaired) electrons. The molecule has 0 fully saturated rings. The quantitative estimate of drug-likeness (QED) is 0.863. The predicted molar refractivity (Wildman–Crippen MR) is 83.3 cm³/mol. The first-order valence-electron chi connectivity index (χ1n) is 6.55. The van der Waals surface area contributed by atoms with E-state index in [4.69, 9.17) is 10.5 Å². The molecular weight excluding hydrogens is 290 g/mol. The van der Waals surface area contributed by atoms with E-state index in [0.29, 0.717) is 35.5 Å². The summed E-state index contributed by atoms with van der Waals surface area (Å²) in [5, 5.41) is 0.687. The van der Waals surface area contributed by atoms with Gasteiger partial charge in [0.05, 0.1) is 6.61 Å². The Kier molecular flexibility index (Phi) is 4.63. The summed E-state index contributed by atoms with van der Waals surface area (Å²) in [7, 11) is -2.46. The van der Waals surface area contributed by atoms with E-state index in [0.717, 1.165) is 0 Å². The fraction of sp³-hybridized carbons (Fsp3) is 0.267. The van der Waals surface area contributed by atoms with Crippen molar-refractivity contribution in [3.63, 3.8) is 0 Å². The molecule has 6 heteroatoms. The van der Waals surface area contributed by atoms with Crippen molar-refractivity contribution in [1.29, 1.82) is 0 Å². The van der Waals surface area contributed by atoms with Gasteiger partial charge in [-0.25, -0.2) is 9.37 Å². The van der Waals surface area contributed by atoms with Crippen molar-refractivity contribution in [2.24, 2.45) is 0 Å². The molecule has 21 heavy (non-hydrogen) atoms. The van der Waals surface area contributed by atoms with Crippen LogP contribution >= 0.6 is 7.14 Å². The summed E-state index contributed by atoms with van der Waals surface area (Å²) in [6.07, 6.45) is 2.03. The Labute approximate surface area is 123 Å². The molecule has 0 atom stereocenters. The number of nitrogens with two attached hydrogens (primary N) is 1. The summed E-state index contributed by atoms with van der Waals surface area (Å²) in [6.45, 7) is 3.65. The highest BCUT2D eigenvalue weighted by Crippen LogP contribution is 2.36. The van der Waals surface area contributed by atoms with Crippen molar-refractivity contribution < 1.29 is 13.7 Å². The van der Waals surface area contributed by atoms with Crippen molar-refractivity contribution in [1.82, 2.24) is 4.98 Å². The third kappa shape index (κ3) is 4.05. The van der Waals surface area contributed by atoms with Crippen molar-refractivity contribution in [2.45, 2.75) is 6.42 Å². The lowest BCUT2D eigenvalue weighted by Gasteiger charge is -2.14. The molecule has 0 saturated carbocycles. The molecule has 2 aromatic rings. The molecule has 112 valence electrons. The van der Waals surface area contributed by atoms with Crippen LogP contribution in [0.15, 0.2) is 36.5 Å². The number of rotatable bonds is 5. The summed E-state index contributed by atoms with van der Waals surface area (Å²) >= 11 is 0. The summed E-state index contributed by atoms with van der Waals surface area (Å²) in [5.74, 6) is 0.461. The first-order chi connectivity index (χ1) is 9.88. The zero-order valence-corrected chi connectivity index (χ0v) is 12.9. The summed E-state index contributed by atoms with van der Waals surface area (Å²) < 4.78 is 31.2. The van der Waals surface area contributed by atoms with Gasteiger partial charge in [-0.3, -0.25) is 0 Å². The van der Waals surface area contributed by atoms with Crippen LogP contribution in [0.5, 0.6) is 5.75 Å². The first-order valence-corrected chi connectivity index (χ1v) is 9.15. The van der Waals surface area contributed by atoms with E-state index >= 15 is 0 Å². The van der Waals surface area contributed by atoms with Gasteiger partial charge in [0.15, 0.2) is 11.6 Å². The van der Waals surface area contributed by atoms with Gasteiger partial charge in [-0.1, -0.05) is 0 Å². The van der Waals surface area contributed by atoms with Gasteiger partial charge in [-0.2, -0.15) is 0 Å². The van der Waals surface area contributed by atoms with Gasteiger partial charge < -0.3 is 15.0 Å². The molecule has 0 aliphatic carbocycles. The standard InChI is InChI=1S/C15H18FN2O2P/c1-21(2,19)14-6-5-12(16)10-11(14)7-9-20-13-4-3-8-18-15(13)17/h3-6,8,10H,7,9H2,1-2H3,(H2,17,18). The molecule has 0 spiro atoms. The van der Waals surface area contributed by atoms with E-state index in [1.807, 2.05) is 0 Å². The second kappa shape index (κ2) is 6.27. The molecule has 0 bridgehead atoms. The van der Waals surface area contributed by atoms with Gasteiger partial charge in [0.1, 0.15) is 13.0 Å². The maximum atomic E-state index is 13.4. The largest absolute Gasteiger partial charge is 0.489 e. The van der Waals surface area contributed by atoms with Crippen LogP contribution in [0.2, 0.25) is 0 Å². The second-order valence-corrected chi connectivity index (χ2v) is 8.29. The highest BCUT2D eigenvalue weighted by Gasteiger charge is 2.16. The maximum absolute atomic E-state index is 13.4. The monoisotopic (exact) mass is 308 g/mol. The van der Waals surface area contributed by atoms with Crippen LogP contribution in [0.3, 0.4) is 0 Å². The first kappa shape index (κ1) is 15.5. The molecule has 2 N–H and O–H groups in total. The van der Waals surface area contributed by atoms with Crippen LogP contribution in [-0.4, -0.2) is 24.9 Å². The van der Waals surface area contributed by atoms with Crippen molar-refractivity contribution in [3.8, 4) is 5.75 Å². The van der Waals surface area contributed by atoms with Gasteiger partial charge in [-0.05, 0) is 49.2 Å². The van der Waals surface area contributed by atoms with E-state index in [-0.39, 0.29) is 5.82 Å². The van der Waals surface area contributed by atoms with Crippen LogP contribution in [0.25, 0.3) is 0 Å². The Hall–Kier alpha value is -1.87. The SMILES string of the molecule is CP(C)(=O)c1ccc(F)cc1CCOc1cccnc1N. The molecule has 4 nitrogen and oxygen atoms in total. The third-order valence-corrected chi connectivity index (χ3v) is 4.65. The smallest absolute Gasteiger partial charge is 0.166 e. The van der Waals surface area contributed by atoms with Crippen LogP contribution in [0.1, 0.15) is 5.56 Å². The Morgan fingerprint density at radius 2 is 2.10 bits per heavy atom. The van der Waals surface area contributed by atoms with E-state index in [9.17, 15) is 8.96 Å². The van der Waals surface area contributed by atoms with Gasteiger partial charge >= 0.3 is 0 Å². The summed E-state index contributed by atoms with van der Waals surface area (Å²) in [6, 6.07) is 7.78. The summed E-state index contributed by atoms with van der Waals surface area (Å²) in [5.41, 5.74) is 6.38. The van der Waals surface area contributed by atoms with E-state index in [1.54, 1.807) is 37.7 Å². The minimum atomic E-state index is -2.46. The minimum absolute atomic E-state index is 0.312. The predicted octanol–water partition coefficient (Wildman–Crippen LogP) is 2.67. The molecule has 1 heterocycles. The van der Waals surface area contributed by atoms with Gasteiger partial charge in [-0.15, -0.1) is 0 Å². The average Bonchev–Trinajstić information content (AvgIpc) is 2.39. The second-order valence-electron chi connectivity index (χ2n) is 5.11. The Bertz CT molecular complexity index is 685. The number of anilines is 1. The molecule has 0 aliphatic heterocycles. The van der Waals surface area contributed by atoms with E-state index < -0.39 is 7.14 Å². The average molecular weight is 308 g/mol. The lowest BCUT2D eigenvalue weighted by Crippen LogP contribution is -2.14. The van der Waals surface area contributed by atoms with Gasteiger partial charge in [0.25, 0.3) is 0 Å². The number of aromatic nitrogens is 1. The molecule has 2 rings (SSSR count). The Balaban J connectivity index is 2.12. The van der Waals surface area contributed by atoms with Crippen LogP contribution in [-0.2, 0) is 11.0 Å². The maximum Gasteiger partial charge on any atom is 0.166 e. The molecule has 0 aliphatic rings. The summed E-state index contributed by atoms with van der Waals surface area (Å²) in [4.78, 5) is 3.92. The highest BCUT2D eigenvalue weighted by atomic mass is 31.2. The highest BCUT2D eigenvalue weighted by molar-refractivity contribution is 7.70. The molecular formula is C15H18FN2O2P. The van der Waals surface area contributed by atoms with Crippen molar-refractivity contribution >= 4 is 18.3 Å². The number of ether oxygens (including phenoxy) is 1. The minimum Gasteiger partial charge on any atom is -0.489 e. The van der Waals surface area contributed by atoms with Crippen LogP contribution < -0.4 is 15.8 Å². The lowest BCUT2D eigenvalue weighted by molar-refractivity contribution is 0.323. The molecule has 1 aromatic carbocycles.